The minimum Gasteiger partial charge on any atom is -0.496 e. The zero-order chi connectivity index (χ0) is 13.5. The third-order valence-corrected chi connectivity index (χ3v) is 3.03. The van der Waals surface area contributed by atoms with Crippen LogP contribution in [0.5, 0.6) is 5.75 Å². The van der Waals surface area contributed by atoms with E-state index in [4.69, 9.17) is 4.74 Å². The summed E-state index contributed by atoms with van der Waals surface area (Å²) in [4.78, 5) is 8.30. The number of aromatic nitrogens is 2. The number of para-hydroxylation sites is 1. The first-order chi connectivity index (χ1) is 9.35. The van der Waals surface area contributed by atoms with Crippen LogP contribution in [-0.4, -0.2) is 23.6 Å². The monoisotopic (exact) mass is 257 g/mol. The molecule has 1 atom stereocenters. The molecule has 19 heavy (non-hydrogen) atoms. The lowest BCUT2D eigenvalue weighted by atomic mass is 10.0. The third-order valence-electron chi connectivity index (χ3n) is 3.03. The molecule has 4 heteroatoms. The molecule has 0 aliphatic carbocycles. The summed E-state index contributed by atoms with van der Waals surface area (Å²) in [5.41, 5.74) is 2.18. The summed E-state index contributed by atoms with van der Waals surface area (Å²) in [6.07, 6.45) is 4.20. The van der Waals surface area contributed by atoms with E-state index in [0.717, 1.165) is 24.4 Å². The predicted molar refractivity (Wildman–Crippen MR) is 75.1 cm³/mol. The lowest BCUT2D eigenvalue weighted by Crippen LogP contribution is -2.24. The zero-order valence-electron chi connectivity index (χ0n) is 11.3. The van der Waals surface area contributed by atoms with Gasteiger partial charge in [-0.05, 0) is 30.7 Å². The molecule has 1 N–H and O–H groups in total. The quantitative estimate of drug-likeness (QED) is 0.863. The van der Waals surface area contributed by atoms with Gasteiger partial charge in [0.05, 0.1) is 18.8 Å². The molecule has 100 valence electrons. The van der Waals surface area contributed by atoms with Crippen molar-refractivity contribution in [3.63, 3.8) is 0 Å². The smallest absolute Gasteiger partial charge is 0.122 e. The number of nitrogens with one attached hydrogen (secondary N) is 1. The van der Waals surface area contributed by atoms with Gasteiger partial charge in [-0.2, -0.15) is 0 Å². The van der Waals surface area contributed by atoms with Gasteiger partial charge in [-0.25, -0.2) is 9.97 Å². The number of benzene rings is 1. The van der Waals surface area contributed by atoms with E-state index in [1.807, 2.05) is 24.3 Å². The highest BCUT2D eigenvalue weighted by Gasteiger charge is 2.14. The molecule has 1 aromatic heterocycles. The van der Waals surface area contributed by atoms with E-state index in [-0.39, 0.29) is 6.04 Å². The number of hydrogen-bond donors (Lipinski definition) is 1. The lowest BCUT2D eigenvalue weighted by Gasteiger charge is -2.18. The van der Waals surface area contributed by atoms with Gasteiger partial charge in [0, 0.05) is 6.20 Å². The fourth-order valence-electron chi connectivity index (χ4n) is 2.13. The Bertz CT molecular complexity index is 502. The third kappa shape index (κ3) is 3.51. The van der Waals surface area contributed by atoms with Crippen LogP contribution in [0.4, 0.5) is 0 Å². The number of likely N-dealkylation sites (N-methyl/N-ethyl adjacent to an activating group) is 1. The van der Waals surface area contributed by atoms with Crippen LogP contribution >= 0.6 is 0 Å². The second kappa shape index (κ2) is 6.85. The van der Waals surface area contributed by atoms with Crippen molar-refractivity contribution in [1.29, 1.82) is 0 Å². The summed E-state index contributed by atoms with van der Waals surface area (Å²) in [7, 11) is 1.70. The Kier molecular flexibility index (Phi) is 4.86. The Labute approximate surface area is 113 Å². The zero-order valence-corrected chi connectivity index (χ0v) is 11.3. The van der Waals surface area contributed by atoms with Gasteiger partial charge in [-0.1, -0.05) is 25.1 Å². The Morgan fingerprint density at radius 3 is 2.79 bits per heavy atom. The minimum atomic E-state index is 0.171. The SMILES string of the molecule is CCNC(Cc1ccccc1OC)c1ccncn1. The van der Waals surface area contributed by atoms with Crippen LogP contribution in [0.1, 0.15) is 24.2 Å². The summed E-state index contributed by atoms with van der Waals surface area (Å²) in [6.45, 7) is 2.99. The molecule has 0 radical (unpaired) electrons. The molecule has 0 saturated carbocycles. The van der Waals surface area contributed by atoms with Crippen molar-refractivity contribution in [3.8, 4) is 5.75 Å². The van der Waals surface area contributed by atoms with Crippen molar-refractivity contribution in [2.45, 2.75) is 19.4 Å². The Morgan fingerprint density at radius 2 is 2.11 bits per heavy atom. The number of methoxy groups -OCH3 is 1. The maximum Gasteiger partial charge on any atom is 0.122 e. The van der Waals surface area contributed by atoms with Gasteiger partial charge < -0.3 is 10.1 Å². The van der Waals surface area contributed by atoms with Crippen molar-refractivity contribution in [2.75, 3.05) is 13.7 Å². The van der Waals surface area contributed by atoms with Crippen LogP contribution in [0.25, 0.3) is 0 Å². The van der Waals surface area contributed by atoms with Gasteiger partial charge in [0.2, 0.25) is 0 Å². The number of nitrogens with zero attached hydrogens (tertiary/aromatic N) is 2. The first-order valence-electron chi connectivity index (χ1n) is 6.46. The van der Waals surface area contributed by atoms with Gasteiger partial charge in [0.15, 0.2) is 0 Å². The van der Waals surface area contributed by atoms with Crippen LogP contribution in [0, 0.1) is 0 Å². The first kappa shape index (κ1) is 13.5. The summed E-state index contributed by atoms with van der Waals surface area (Å²) in [6, 6.07) is 10.2. The second-order valence-corrected chi connectivity index (χ2v) is 4.26. The van der Waals surface area contributed by atoms with E-state index in [1.165, 1.54) is 5.56 Å². The molecule has 0 spiro atoms. The van der Waals surface area contributed by atoms with Crippen LogP contribution in [0.3, 0.4) is 0 Å². The molecule has 0 amide bonds. The molecule has 0 saturated heterocycles. The summed E-state index contributed by atoms with van der Waals surface area (Å²) in [5, 5.41) is 3.45. The van der Waals surface area contributed by atoms with Gasteiger partial charge in [0.1, 0.15) is 12.1 Å². The molecular formula is C15H19N3O. The molecule has 0 aliphatic heterocycles. The fourth-order valence-corrected chi connectivity index (χ4v) is 2.13. The van der Waals surface area contributed by atoms with Crippen molar-refractivity contribution >= 4 is 0 Å². The molecule has 0 aliphatic rings. The molecule has 4 nitrogen and oxygen atoms in total. The highest BCUT2D eigenvalue weighted by atomic mass is 16.5. The van der Waals surface area contributed by atoms with Crippen LogP contribution < -0.4 is 10.1 Å². The summed E-state index contributed by atoms with van der Waals surface area (Å²) in [5.74, 6) is 0.916. The van der Waals surface area contributed by atoms with E-state index in [1.54, 1.807) is 19.6 Å². The fraction of sp³-hybridized carbons (Fsp3) is 0.333. The average Bonchev–Trinajstić information content (AvgIpc) is 2.48. The second-order valence-electron chi connectivity index (χ2n) is 4.26. The highest BCUT2D eigenvalue weighted by molar-refractivity contribution is 5.34. The van der Waals surface area contributed by atoms with Gasteiger partial charge >= 0.3 is 0 Å². The summed E-state index contributed by atoms with van der Waals surface area (Å²) < 4.78 is 5.40. The Morgan fingerprint density at radius 1 is 1.26 bits per heavy atom. The van der Waals surface area contributed by atoms with E-state index in [2.05, 4.69) is 28.3 Å². The van der Waals surface area contributed by atoms with Gasteiger partial charge in [0.25, 0.3) is 0 Å². The largest absolute Gasteiger partial charge is 0.496 e. The standard InChI is InChI=1S/C15H19N3O/c1-3-17-14(13-8-9-16-11-18-13)10-12-6-4-5-7-15(12)19-2/h4-9,11,14,17H,3,10H2,1-2H3. The molecule has 1 heterocycles. The van der Waals surface area contributed by atoms with Crippen molar-refractivity contribution in [1.82, 2.24) is 15.3 Å². The molecule has 0 fully saturated rings. The lowest BCUT2D eigenvalue weighted by molar-refractivity contribution is 0.405. The Hall–Kier alpha value is -1.94. The van der Waals surface area contributed by atoms with Crippen LogP contribution in [-0.2, 0) is 6.42 Å². The summed E-state index contributed by atoms with van der Waals surface area (Å²) >= 11 is 0. The average molecular weight is 257 g/mol. The van der Waals surface area contributed by atoms with E-state index in [0.29, 0.717) is 0 Å². The molecule has 2 rings (SSSR count). The number of ether oxygens (including phenoxy) is 1. The maximum atomic E-state index is 5.40. The van der Waals surface area contributed by atoms with Crippen molar-refractivity contribution in [2.24, 2.45) is 0 Å². The van der Waals surface area contributed by atoms with Crippen molar-refractivity contribution < 1.29 is 4.74 Å². The first-order valence-corrected chi connectivity index (χ1v) is 6.46. The normalized spacial score (nSPS) is 12.1. The van der Waals surface area contributed by atoms with Crippen molar-refractivity contribution in [3.05, 3.63) is 54.1 Å². The predicted octanol–water partition coefficient (Wildman–Crippen LogP) is 2.38. The number of rotatable bonds is 6. The van der Waals surface area contributed by atoms with Crippen LogP contribution in [0.2, 0.25) is 0 Å². The van der Waals surface area contributed by atoms with E-state index >= 15 is 0 Å². The molecule has 0 bridgehead atoms. The molecule has 2 aromatic rings. The Balaban J connectivity index is 2.21. The van der Waals surface area contributed by atoms with Crippen LogP contribution in [0.15, 0.2) is 42.9 Å². The molecule has 1 aromatic carbocycles. The minimum absolute atomic E-state index is 0.171. The van der Waals surface area contributed by atoms with E-state index in [9.17, 15) is 0 Å². The molecular weight excluding hydrogens is 238 g/mol. The maximum absolute atomic E-state index is 5.40. The van der Waals surface area contributed by atoms with Gasteiger partial charge in [-0.15, -0.1) is 0 Å². The topological polar surface area (TPSA) is 47.0 Å². The highest BCUT2D eigenvalue weighted by Crippen LogP contribution is 2.23. The van der Waals surface area contributed by atoms with E-state index < -0.39 is 0 Å². The molecule has 1 unspecified atom stereocenters. The number of hydrogen-bond acceptors (Lipinski definition) is 4. The van der Waals surface area contributed by atoms with Gasteiger partial charge in [-0.3, -0.25) is 0 Å².